The van der Waals surface area contributed by atoms with Crippen LogP contribution in [-0.4, -0.2) is 41.2 Å². The van der Waals surface area contributed by atoms with Gasteiger partial charge in [-0.25, -0.2) is 4.98 Å². The number of rotatable bonds is 8. The predicted octanol–water partition coefficient (Wildman–Crippen LogP) is 3.94. The number of aromatic nitrogens is 2. The van der Waals surface area contributed by atoms with Crippen molar-refractivity contribution in [3.8, 4) is 0 Å². The van der Waals surface area contributed by atoms with E-state index in [0.29, 0.717) is 11.3 Å². The van der Waals surface area contributed by atoms with Gasteiger partial charge in [-0.3, -0.25) is 4.79 Å². The molecule has 2 heterocycles. The first-order valence-electron chi connectivity index (χ1n) is 8.49. The number of halogens is 3. The summed E-state index contributed by atoms with van der Waals surface area (Å²) in [5.41, 5.74) is 2.20. The molecule has 0 saturated heterocycles. The Morgan fingerprint density at radius 1 is 1.18 bits per heavy atom. The van der Waals surface area contributed by atoms with Gasteiger partial charge < -0.3 is 14.5 Å². The van der Waals surface area contributed by atoms with Crippen molar-refractivity contribution in [2.24, 2.45) is 0 Å². The molecular weight excluding hydrogens is 391 g/mol. The second-order valence-corrected chi connectivity index (χ2v) is 6.92. The second kappa shape index (κ2) is 9.11. The highest BCUT2D eigenvalue weighted by Gasteiger charge is 2.27. The first-order chi connectivity index (χ1) is 13.4. The summed E-state index contributed by atoms with van der Waals surface area (Å²) in [5, 5.41) is 2.58. The molecule has 5 nitrogen and oxygen atoms in total. The van der Waals surface area contributed by atoms with Crippen LogP contribution in [0.3, 0.4) is 0 Å². The molecule has 0 radical (unpaired) electrons. The number of carbonyl (C=O) groups excluding carboxylic acids is 1. The maximum Gasteiger partial charge on any atom is 0.411 e. The lowest BCUT2D eigenvalue weighted by molar-refractivity contribution is -0.173. The number of ether oxygens (including phenoxy) is 1. The summed E-state index contributed by atoms with van der Waals surface area (Å²) < 4.78 is 42.5. The van der Waals surface area contributed by atoms with Gasteiger partial charge in [-0.15, -0.1) is 11.8 Å². The predicted molar refractivity (Wildman–Crippen MR) is 100 cm³/mol. The fraction of sp³-hybridized carbons (Fsp3) is 0.263. The van der Waals surface area contributed by atoms with Gasteiger partial charge in [0, 0.05) is 29.6 Å². The molecule has 0 unspecified atom stereocenters. The minimum atomic E-state index is -4.37. The van der Waals surface area contributed by atoms with Gasteiger partial charge in [-0.05, 0) is 24.3 Å². The van der Waals surface area contributed by atoms with Crippen LogP contribution < -0.4 is 5.32 Å². The normalized spacial score (nSPS) is 11.7. The number of pyridine rings is 1. The van der Waals surface area contributed by atoms with E-state index >= 15 is 0 Å². The topological polar surface area (TPSA) is 55.6 Å². The van der Waals surface area contributed by atoms with Crippen molar-refractivity contribution < 1.29 is 22.7 Å². The Labute approximate surface area is 163 Å². The minimum Gasteiger partial charge on any atom is -0.370 e. The molecule has 9 heteroatoms. The molecule has 0 aliphatic carbocycles. The minimum absolute atomic E-state index is 0.000347. The summed E-state index contributed by atoms with van der Waals surface area (Å²) in [6, 6.07) is 12.8. The van der Waals surface area contributed by atoms with Crippen LogP contribution in [0.1, 0.15) is 16.1 Å². The van der Waals surface area contributed by atoms with Crippen LogP contribution in [0.2, 0.25) is 0 Å². The number of hydrogen-bond donors (Lipinski definition) is 1. The monoisotopic (exact) mass is 409 g/mol. The molecule has 0 bridgehead atoms. The fourth-order valence-corrected chi connectivity index (χ4v) is 3.44. The summed E-state index contributed by atoms with van der Waals surface area (Å²) >= 11 is 1.47. The maximum atomic E-state index is 12.4. The van der Waals surface area contributed by atoms with Crippen LogP contribution in [0.15, 0.2) is 59.8 Å². The summed E-state index contributed by atoms with van der Waals surface area (Å²) in [4.78, 5) is 17.7. The van der Waals surface area contributed by atoms with Crippen molar-refractivity contribution in [2.75, 3.05) is 19.8 Å². The third-order valence-electron chi connectivity index (χ3n) is 3.72. The van der Waals surface area contributed by atoms with Crippen LogP contribution in [0.5, 0.6) is 0 Å². The van der Waals surface area contributed by atoms with E-state index in [-0.39, 0.29) is 19.1 Å². The van der Waals surface area contributed by atoms with E-state index in [0.717, 1.165) is 16.2 Å². The first-order valence-corrected chi connectivity index (χ1v) is 9.48. The average Bonchev–Trinajstić information content (AvgIpc) is 3.08. The molecular formula is C19H18F3N3O2S. The fourth-order valence-electron chi connectivity index (χ4n) is 2.51. The van der Waals surface area contributed by atoms with Gasteiger partial charge in [0.15, 0.2) is 0 Å². The highest BCUT2D eigenvalue weighted by Crippen LogP contribution is 2.26. The zero-order valence-electron chi connectivity index (χ0n) is 14.8. The largest absolute Gasteiger partial charge is 0.411 e. The lowest BCUT2D eigenvalue weighted by Crippen LogP contribution is -2.29. The van der Waals surface area contributed by atoms with Gasteiger partial charge in [0.25, 0.3) is 5.91 Å². The summed E-state index contributed by atoms with van der Waals surface area (Å²) in [6.07, 6.45) is -0.521. The highest BCUT2D eigenvalue weighted by atomic mass is 32.2. The van der Waals surface area contributed by atoms with Crippen molar-refractivity contribution in [1.29, 1.82) is 0 Å². The smallest absolute Gasteiger partial charge is 0.370 e. The van der Waals surface area contributed by atoms with Gasteiger partial charge in [0.2, 0.25) is 0 Å². The molecule has 2 aromatic heterocycles. The van der Waals surface area contributed by atoms with Crippen LogP contribution in [0, 0.1) is 0 Å². The number of nitrogens with zero attached hydrogens (tertiary/aromatic N) is 2. The maximum absolute atomic E-state index is 12.4. The van der Waals surface area contributed by atoms with Crippen molar-refractivity contribution in [1.82, 2.24) is 14.7 Å². The zero-order valence-corrected chi connectivity index (χ0v) is 15.6. The summed E-state index contributed by atoms with van der Waals surface area (Å²) in [6.45, 7) is -1.53. The van der Waals surface area contributed by atoms with Crippen LogP contribution in [-0.2, 0) is 10.5 Å². The molecule has 0 atom stereocenters. The Hall–Kier alpha value is -2.52. The SMILES string of the molecule is O=C(NCCOCC(F)(F)F)c1ccccc1SCc1cn2ccccc2n1. The Balaban J connectivity index is 1.55. The summed E-state index contributed by atoms with van der Waals surface area (Å²) in [7, 11) is 0. The van der Waals surface area contributed by atoms with E-state index in [1.807, 2.05) is 47.1 Å². The van der Waals surface area contributed by atoms with Gasteiger partial charge >= 0.3 is 6.18 Å². The highest BCUT2D eigenvalue weighted by molar-refractivity contribution is 7.98. The summed E-state index contributed by atoms with van der Waals surface area (Å²) in [5.74, 6) is 0.231. The Kier molecular flexibility index (Phi) is 6.58. The molecule has 1 aromatic carbocycles. The molecule has 0 saturated carbocycles. The van der Waals surface area contributed by atoms with Crippen molar-refractivity contribution in [2.45, 2.75) is 16.8 Å². The molecule has 0 spiro atoms. The number of alkyl halides is 3. The van der Waals surface area contributed by atoms with Gasteiger partial charge in [-0.2, -0.15) is 13.2 Å². The quantitative estimate of drug-likeness (QED) is 0.452. The van der Waals surface area contributed by atoms with Crippen molar-refractivity contribution >= 4 is 23.3 Å². The Morgan fingerprint density at radius 3 is 2.75 bits per heavy atom. The second-order valence-electron chi connectivity index (χ2n) is 5.91. The molecule has 3 aromatic rings. The van der Waals surface area contributed by atoms with E-state index in [9.17, 15) is 18.0 Å². The number of benzene rings is 1. The van der Waals surface area contributed by atoms with E-state index in [1.165, 1.54) is 11.8 Å². The number of hydrogen-bond acceptors (Lipinski definition) is 4. The Morgan fingerprint density at radius 2 is 1.96 bits per heavy atom. The van der Waals surface area contributed by atoms with E-state index < -0.39 is 12.8 Å². The molecule has 3 rings (SSSR count). The standard InChI is InChI=1S/C19H18F3N3O2S/c20-19(21,22)13-27-10-8-23-18(26)15-5-1-2-6-16(15)28-12-14-11-25-9-4-3-7-17(25)24-14/h1-7,9,11H,8,10,12-13H2,(H,23,26). The number of fused-ring (bicyclic) bond motifs is 1. The molecule has 28 heavy (non-hydrogen) atoms. The van der Waals surface area contributed by atoms with Crippen LogP contribution >= 0.6 is 11.8 Å². The van der Waals surface area contributed by atoms with Gasteiger partial charge in [0.1, 0.15) is 12.3 Å². The molecule has 1 amide bonds. The number of amides is 1. The third-order valence-corrected chi connectivity index (χ3v) is 4.83. The van der Waals surface area contributed by atoms with Crippen LogP contribution in [0.25, 0.3) is 5.65 Å². The Bertz CT molecular complexity index is 910. The average molecular weight is 409 g/mol. The van der Waals surface area contributed by atoms with Gasteiger partial charge in [0.05, 0.1) is 17.9 Å². The van der Waals surface area contributed by atoms with E-state index in [2.05, 4.69) is 15.0 Å². The molecule has 0 fully saturated rings. The van der Waals surface area contributed by atoms with Crippen LogP contribution in [0.4, 0.5) is 13.2 Å². The number of carbonyl (C=O) groups is 1. The first kappa shape index (κ1) is 20.2. The molecule has 1 N–H and O–H groups in total. The molecule has 0 aliphatic rings. The van der Waals surface area contributed by atoms with Crippen molar-refractivity contribution in [3.05, 3.63) is 66.1 Å². The number of thioether (sulfide) groups is 1. The van der Waals surface area contributed by atoms with E-state index in [4.69, 9.17) is 0 Å². The lowest BCUT2D eigenvalue weighted by Gasteiger charge is -2.10. The number of nitrogens with one attached hydrogen (secondary N) is 1. The third kappa shape index (κ3) is 5.74. The number of imidazole rings is 1. The van der Waals surface area contributed by atoms with E-state index in [1.54, 1.807) is 12.1 Å². The zero-order chi connectivity index (χ0) is 20.0. The van der Waals surface area contributed by atoms with Crippen molar-refractivity contribution in [3.63, 3.8) is 0 Å². The molecule has 0 aliphatic heterocycles. The molecule has 148 valence electrons. The van der Waals surface area contributed by atoms with Gasteiger partial charge in [-0.1, -0.05) is 18.2 Å². The lowest BCUT2D eigenvalue weighted by atomic mass is 10.2.